The van der Waals surface area contributed by atoms with Gasteiger partial charge >= 0.3 is 0 Å². The molecule has 0 aromatic heterocycles. The van der Waals surface area contributed by atoms with E-state index in [2.05, 4.69) is 45.9 Å². The molecule has 0 heterocycles. The summed E-state index contributed by atoms with van der Waals surface area (Å²) in [6.45, 7) is 12.8. The summed E-state index contributed by atoms with van der Waals surface area (Å²) >= 11 is -2.29. The predicted molar refractivity (Wildman–Crippen MR) is 75.0 cm³/mol. The second kappa shape index (κ2) is 5.69. The van der Waals surface area contributed by atoms with Gasteiger partial charge in [0.25, 0.3) is 0 Å². The Morgan fingerprint density at radius 2 is 1.06 bits per heavy atom. The van der Waals surface area contributed by atoms with Crippen molar-refractivity contribution >= 4 is 16.8 Å². The summed E-state index contributed by atoms with van der Waals surface area (Å²) in [5.74, 6) is 0. The molecule has 0 aromatic rings. The van der Waals surface area contributed by atoms with Crippen LogP contribution >= 0.6 is 11.1 Å². The molecule has 0 rings (SSSR count). The summed E-state index contributed by atoms with van der Waals surface area (Å²) in [5, 5.41) is 0. The van der Waals surface area contributed by atoms with Crippen molar-refractivity contribution in [3.63, 3.8) is 0 Å². The van der Waals surface area contributed by atoms with Crippen LogP contribution in [0.1, 0.15) is 41.5 Å². The highest BCUT2D eigenvalue weighted by atomic mass is 32.3. The third-order valence-corrected chi connectivity index (χ3v) is 3.93. The van der Waals surface area contributed by atoms with Crippen LogP contribution in [0.4, 0.5) is 0 Å². The molecular weight excluding hydrogens is 238 g/mol. The first kappa shape index (κ1) is 16.9. The van der Waals surface area contributed by atoms with Gasteiger partial charge in [-0.25, -0.2) is 0 Å². The molecule has 104 valence electrons. The normalized spacial score (nSPS) is 14.6. The summed E-state index contributed by atoms with van der Waals surface area (Å²) < 4.78 is 20.6. The van der Waals surface area contributed by atoms with Gasteiger partial charge in [-0.1, -0.05) is 41.5 Å². The Balaban J connectivity index is 5.61. The lowest BCUT2D eigenvalue weighted by Gasteiger charge is -2.37. The molecule has 0 unspecified atom stereocenters. The average Bonchev–Trinajstić information content (AvgIpc) is 2.17. The monoisotopic (exact) mass is 265 g/mol. The molecule has 0 aromatic carbocycles. The summed E-state index contributed by atoms with van der Waals surface area (Å²) in [7, 11) is 4.65. The average molecular weight is 265 g/mol. The van der Waals surface area contributed by atoms with Crippen molar-refractivity contribution < 1.29 is 12.5 Å². The lowest BCUT2D eigenvalue weighted by Crippen LogP contribution is -2.33. The van der Waals surface area contributed by atoms with E-state index >= 15 is 0 Å². The van der Waals surface area contributed by atoms with Gasteiger partial charge in [-0.05, 0) is 0 Å². The van der Waals surface area contributed by atoms with Crippen molar-refractivity contribution in [3.8, 4) is 0 Å². The van der Waals surface area contributed by atoms with Crippen molar-refractivity contribution in [3.05, 3.63) is 0 Å². The minimum atomic E-state index is -2.29. The van der Waals surface area contributed by atoms with Crippen LogP contribution in [0.2, 0.25) is 0 Å². The first-order valence-corrected chi connectivity index (χ1v) is 7.00. The third-order valence-electron chi connectivity index (χ3n) is 2.26. The van der Waals surface area contributed by atoms with Crippen LogP contribution in [-0.2, 0) is 12.5 Å². The first-order valence-electron chi connectivity index (χ1n) is 5.63. The highest BCUT2D eigenvalue weighted by Crippen LogP contribution is 2.53. The van der Waals surface area contributed by atoms with E-state index in [0.29, 0.717) is 0 Å². The highest BCUT2D eigenvalue weighted by Gasteiger charge is 2.34. The summed E-state index contributed by atoms with van der Waals surface area (Å²) in [6.07, 6.45) is 0. The number of nitrogens with zero attached hydrogens (tertiary/aromatic N) is 1. The smallest absolute Gasteiger partial charge is 0.206 e. The molecule has 17 heavy (non-hydrogen) atoms. The fourth-order valence-electron chi connectivity index (χ4n) is 1.83. The van der Waals surface area contributed by atoms with Gasteiger partial charge < -0.3 is 0 Å². The number of hydrogen-bond donors (Lipinski definition) is 0. The minimum Gasteiger partial charge on any atom is -0.278 e. The van der Waals surface area contributed by atoms with E-state index in [1.807, 2.05) is 0 Å². The fourth-order valence-corrected chi connectivity index (χ4v) is 3.23. The van der Waals surface area contributed by atoms with Crippen molar-refractivity contribution in [2.45, 2.75) is 41.5 Å². The van der Waals surface area contributed by atoms with Gasteiger partial charge in [-0.3, -0.25) is 12.5 Å². The highest BCUT2D eigenvalue weighted by molar-refractivity contribution is 8.20. The van der Waals surface area contributed by atoms with Gasteiger partial charge in [-0.2, -0.15) is 4.40 Å². The SMILES string of the molecule is COS(N=C(C(C)(C)C)C(C)(C)C)(OC)OC. The topological polar surface area (TPSA) is 40.0 Å². The van der Waals surface area contributed by atoms with Gasteiger partial charge in [0.05, 0.1) is 21.3 Å². The van der Waals surface area contributed by atoms with Crippen LogP contribution < -0.4 is 0 Å². The van der Waals surface area contributed by atoms with Crippen molar-refractivity contribution in [2.75, 3.05) is 21.3 Å². The maximum absolute atomic E-state index is 5.31. The molecule has 4 nitrogen and oxygen atoms in total. The Hall–Kier alpha value is -0.100. The molecule has 0 atom stereocenters. The van der Waals surface area contributed by atoms with Gasteiger partial charge in [-0.15, -0.1) is 0 Å². The Morgan fingerprint density at radius 1 is 0.765 bits per heavy atom. The molecule has 0 fully saturated rings. The van der Waals surface area contributed by atoms with Crippen LogP contribution in [0.15, 0.2) is 4.40 Å². The first-order chi connectivity index (χ1) is 7.52. The Bertz CT molecular complexity index is 248. The molecule has 0 bridgehead atoms. The van der Waals surface area contributed by atoms with Gasteiger partial charge in [0.2, 0.25) is 11.1 Å². The summed E-state index contributed by atoms with van der Waals surface area (Å²) in [4.78, 5) is 0. The van der Waals surface area contributed by atoms with Gasteiger partial charge in [0, 0.05) is 16.5 Å². The molecule has 0 aliphatic carbocycles. The molecule has 0 N–H and O–H groups in total. The zero-order chi connectivity index (χ0) is 13.9. The summed E-state index contributed by atoms with van der Waals surface area (Å²) in [6, 6.07) is 0. The van der Waals surface area contributed by atoms with Gasteiger partial charge in [0.15, 0.2) is 0 Å². The van der Waals surface area contributed by atoms with Crippen LogP contribution in [0.5, 0.6) is 0 Å². The minimum absolute atomic E-state index is 0.0634. The molecule has 0 saturated heterocycles. The van der Waals surface area contributed by atoms with Gasteiger partial charge in [0.1, 0.15) is 0 Å². The number of rotatable bonds is 4. The molecule has 0 aliphatic heterocycles. The third kappa shape index (κ3) is 4.58. The van der Waals surface area contributed by atoms with Crippen LogP contribution in [0.3, 0.4) is 0 Å². The van der Waals surface area contributed by atoms with Crippen molar-refractivity contribution in [1.29, 1.82) is 0 Å². The second-order valence-electron chi connectivity index (χ2n) is 5.87. The molecule has 0 aliphatic rings. The largest absolute Gasteiger partial charge is 0.278 e. The van der Waals surface area contributed by atoms with Crippen LogP contribution in [-0.4, -0.2) is 27.0 Å². The van der Waals surface area contributed by atoms with E-state index in [0.717, 1.165) is 5.71 Å². The van der Waals surface area contributed by atoms with E-state index in [1.54, 1.807) is 21.3 Å². The lowest BCUT2D eigenvalue weighted by atomic mass is 9.75. The van der Waals surface area contributed by atoms with Crippen LogP contribution in [0, 0.1) is 10.8 Å². The maximum Gasteiger partial charge on any atom is 0.206 e. The Kier molecular flexibility index (Phi) is 5.66. The molecule has 0 amide bonds. The Labute approximate surface area is 108 Å². The predicted octanol–water partition coefficient (Wildman–Crippen LogP) is 3.92. The molecule has 0 spiro atoms. The molecule has 0 radical (unpaired) electrons. The van der Waals surface area contributed by atoms with E-state index < -0.39 is 11.1 Å². The van der Waals surface area contributed by atoms with Crippen molar-refractivity contribution in [1.82, 2.24) is 0 Å². The molecular formula is C12H27NO3S. The van der Waals surface area contributed by atoms with E-state index in [1.165, 1.54) is 0 Å². The maximum atomic E-state index is 5.31. The zero-order valence-corrected chi connectivity index (χ0v) is 13.4. The van der Waals surface area contributed by atoms with E-state index in [-0.39, 0.29) is 10.8 Å². The summed E-state index contributed by atoms with van der Waals surface area (Å²) in [5.41, 5.74) is 0.892. The van der Waals surface area contributed by atoms with E-state index in [4.69, 9.17) is 12.5 Å². The standard InChI is InChI=1S/C12H27NO3S/c1-11(2,3)10(12(4,5)6)13-17(14-7,15-8)16-9/h1-9H3. The number of hydrogen-bond acceptors (Lipinski definition) is 4. The quantitative estimate of drug-likeness (QED) is 0.723. The molecule has 0 saturated carbocycles. The second-order valence-corrected chi connectivity index (χ2v) is 7.91. The van der Waals surface area contributed by atoms with Crippen molar-refractivity contribution in [2.24, 2.45) is 15.2 Å². The fraction of sp³-hybridized carbons (Fsp3) is 0.917. The lowest BCUT2D eigenvalue weighted by molar-refractivity contribution is 0.248. The zero-order valence-electron chi connectivity index (χ0n) is 12.6. The van der Waals surface area contributed by atoms with Crippen LogP contribution in [0.25, 0.3) is 0 Å². The Morgan fingerprint density at radius 3 is 1.24 bits per heavy atom. The van der Waals surface area contributed by atoms with E-state index in [9.17, 15) is 0 Å². The molecule has 5 heteroatoms.